The highest BCUT2D eigenvalue weighted by molar-refractivity contribution is 6.32. The molecule has 2 N–H and O–H groups in total. The van der Waals surface area contributed by atoms with E-state index in [4.69, 9.17) is 21.6 Å². The highest BCUT2D eigenvalue weighted by Crippen LogP contribution is 2.20. The largest absolute Gasteiger partial charge is 0.454 e. The van der Waals surface area contributed by atoms with Gasteiger partial charge in [0.15, 0.2) is 6.61 Å². The molecule has 1 aliphatic rings. The Bertz CT molecular complexity index is 830. The van der Waals surface area contributed by atoms with Crippen LogP contribution < -0.4 is 10.6 Å². The highest BCUT2D eigenvalue weighted by atomic mass is 35.5. The number of carbonyl (C=O) groups excluding carboxylic acids is 4. The third kappa shape index (κ3) is 4.29. The minimum absolute atomic E-state index is 0.170. The summed E-state index contributed by atoms with van der Waals surface area (Å²) in [6, 6.07) is 5.47. The van der Waals surface area contributed by atoms with E-state index in [0.29, 0.717) is 5.69 Å². The van der Waals surface area contributed by atoms with Crippen LogP contribution in [0.15, 0.2) is 18.2 Å². The highest BCUT2D eigenvalue weighted by Gasteiger charge is 2.45. The van der Waals surface area contributed by atoms with Gasteiger partial charge in [-0.1, -0.05) is 11.6 Å². The van der Waals surface area contributed by atoms with Gasteiger partial charge < -0.3 is 15.4 Å². The number of halogens is 1. The molecule has 0 spiro atoms. The van der Waals surface area contributed by atoms with Crippen molar-refractivity contribution in [2.45, 2.75) is 19.4 Å². The summed E-state index contributed by atoms with van der Waals surface area (Å²) in [5.41, 5.74) is -0.512. The van der Waals surface area contributed by atoms with Crippen LogP contribution in [0.3, 0.4) is 0 Å². The lowest BCUT2D eigenvalue weighted by Crippen LogP contribution is -2.41. The molecule has 0 aliphatic carbocycles. The fourth-order valence-corrected chi connectivity index (χ4v) is 2.39. The van der Waals surface area contributed by atoms with Gasteiger partial charge in [0.05, 0.1) is 10.6 Å². The normalized spacial score (nSPS) is 15.2. The van der Waals surface area contributed by atoms with Gasteiger partial charge in [0.25, 0.3) is 11.8 Å². The van der Waals surface area contributed by atoms with Crippen molar-refractivity contribution in [3.05, 3.63) is 28.8 Å². The Kier molecular flexibility index (Phi) is 5.47. The molecule has 0 aromatic heterocycles. The lowest BCUT2D eigenvalue weighted by Gasteiger charge is -2.15. The van der Waals surface area contributed by atoms with E-state index in [2.05, 4.69) is 10.6 Å². The van der Waals surface area contributed by atoms with Crippen LogP contribution in [0, 0.1) is 11.3 Å². The predicted octanol–water partition coefficient (Wildman–Crippen LogP) is 1.02. The minimum Gasteiger partial charge on any atom is -0.454 e. The Hall–Kier alpha value is -3.12. The SMILES string of the molecule is CC1(C)NC(=O)N(CC(=O)OCC(=O)Nc2ccc(C#N)c(Cl)c2)C1=O. The van der Waals surface area contributed by atoms with E-state index in [0.717, 1.165) is 4.90 Å². The summed E-state index contributed by atoms with van der Waals surface area (Å²) in [5.74, 6) is -2.10. The fourth-order valence-electron chi connectivity index (χ4n) is 2.16. The van der Waals surface area contributed by atoms with E-state index in [1.807, 2.05) is 6.07 Å². The van der Waals surface area contributed by atoms with Crippen LogP contribution in [0.5, 0.6) is 0 Å². The molecule has 0 atom stereocenters. The molecule has 1 aromatic carbocycles. The maximum Gasteiger partial charge on any atom is 0.326 e. The molecule has 9 nitrogen and oxygen atoms in total. The number of nitrogens with zero attached hydrogens (tertiary/aromatic N) is 2. The zero-order valence-electron chi connectivity index (χ0n) is 14.0. The summed E-state index contributed by atoms with van der Waals surface area (Å²) < 4.78 is 4.77. The number of urea groups is 1. The van der Waals surface area contributed by atoms with Crippen LogP contribution in [-0.2, 0) is 19.1 Å². The molecule has 1 aromatic rings. The van der Waals surface area contributed by atoms with Gasteiger partial charge in [0, 0.05) is 5.69 Å². The zero-order chi connectivity index (χ0) is 19.5. The molecule has 0 unspecified atom stereocenters. The summed E-state index contributed by atoms with van der Waals surface area (Å²) in [4.78, 5) is 47.9. The van der Waals surface area contributed by atoms with E-state index in [-0.39, 0.29) is 10.6 Å². The van der Waals surface area contributed by atoms with Gasteiger partial charge in [0.1, 0.15) is 18.2 Å². The monoisotopic (exact) mass is 378 g/mol. The van der Waals surface area contributed by atoms with Gasteiger partial charge in [-0.15, -0.1) is 0 Å². The molecule has 26 heavy (non-hydrogen) atoms. The van der Waals surface area contributed by atoms with E-state index >= 15 is 0 Å². The molecule has 0 saturated carbocycles. The van der Waals surface area contributed by atoms with Crippen molar-refractivity contribution in [3.63, 3.8) is 0 Å². The number of ether oxygens (including phenoxy) is 1. The first kappa shape index (κ1) is 19.2. The van der Waals surface area contributed by atoms with Crippen LogP contribution in [-0.4, -0.2) is 47.4 Å². The summed E-state index contributed by atoms with van der Waals surface area (Å²) >= 11 is 5.85. The molecule has 1 aliphatic heterocycles. The standard InChI is InChI=1S/C16H15ClN4O5/c1-16(2)14(24)21(15(25)20-16)7-13(23)26-8-12(22)19-10-4-3-9(6-18)11(17)5-10/h3-5H,7-8H2,1-2H3,(H,19,22)(H,20,25). The molecule has 0 radical (unpaired) electrons. The smallest absolute Gasteiger partial charge is 0.326 e. The second-order valence-electron chi connectivity index (χ2n) is 5.96. The summed E-state index contributed by atoms with van der Waals surface area (Å²) in [6.45, 7) is 1.82. The third-order valence-electron chi connectivity index (χ3n) is 3.47. The van der Waals surface area contributed by atoms with Gasteiger partial charge in [-0.05, 0) is 32.0 Å². The van der Waals surface area contributed by atoms with Gasteiger partial charge in [-0.2, -0.15) is 5.26 Å². The minimum atomic E-state index is -1.09. The third-order valence-corrected chi connectivity index (χ3v) is 3.78. The average molecular weight is 379 g/mol. The predicted molar refractivity (Wildman–Crippen MR) is 90.1 cm³/mol. The van der Waals surface area contributed by atoms with Crippen LogP contribution in [0.2, 0.25) is 5.02 Å². The number of hydrogen-bond acceptors (Lipinski definition) is 6. The van der Waals surface area contributed by atoms with Crippen LogP contribution in [0.1, 0.15) is 19.4 Å². The number of esters is 1. The number of imide groups is 1. The Morgan fingerprint density at radius 1 is 1.38 bits per heavy atom. The van der Waals surface area contributed by atoms with Crippen LogP contribution >= 0.6 is 11.6 Å². The molecule has 10 heteroatoms. The average Bonchev–Trinajstić information content (AvgIpc) is 2.75. The van der Waals surface area contributed by atoms with E-state index in [1.165, 1.54) is 32.0 Å². The second-order valence-corrected chi connectivity index (χ2v) is 6.37. The number of nitrogens with one attached hydrogen (secondary N) is 2. The van der Waals surface area contributed by atoms with Crippen LogP contribution in [0.25, 0.3) is 0 Å². The molecule has 0 bridgehead atoms. The lowest BCUT2D eigenvalue weighted by molar-refractivity contribution is -0.150. The first-order valence-corrected chi connectivity index (χ1v) is 7.81. The van der Waals surface area contributed by atoms with Gasteiger partial charge in [0.2, 0.25) is 0 Å². The number of anilines is 1. The topological polar surface area (TPSA) is 129 Å². The van der Waals surface area contributed by atoms with Crippen molar-refractivity contribution in [2.24, 2.45) is 0 Å². The number of amides is 4. The Balaban J connectivity index is 1.85. The quantitative estimate of drug-likeness (QED) is 0.581. The number of carbonyl (C=O) groups is 4. The molecule has 1 saturated heterocycles. The van der Waals surface area contributed by atoms with E-state index in [1.54, 1.807) is 0 Å². The number of benzene rings is 1. The van der Waals surface area contributed by atoms with Crippen molar-refractivity contribution in [3.8, 4) is 6.07 Å². The van der Waals surface area contributed by atoms with Crippen molar-refractivity contribution in [1.29, 1.82) is 5.26 Å². The molecule has 136 valence electrons. The summed E-state index contributed by atoms with van der Waals surface area (Å²) in [7, 11) is 0. The second kappa shape index (κ2) is 7.41. The summed E-state index contributed by atoms with van der Waals surface area (Å²) in [6.07, 6.45) is 0. The van der Waals surface area contributed by atoms with Crippen molar-refractivity contribution in [1.82, 2.24) is 10.2 Å². The maximum atomic E-state index is 12.0. The first-order chi connectivity index (χ1) is 12.1. The van der Waals surface area contributed by atoms with Crippen molar-refractivity contribution in [2.75, 3.05) is 18.5 Å². The molecule has 2 rings (SSSR count). The molecule has 4 amide bonds. The molecular weight excluding hydrogens is 364 g/mol. The Morgan fingerprint density at radius 3 is 2.62 bits per heavy atom. The molecular formula is C16H15ClN4O5. The van der Waals surface area contributed by atoms with Crippen molar-refractivity contribution >= 4 is 41.1 Å². The Morgan fingerprint density at radius 2 is 2.08 bits per heavy atom. The maximum absolute atomic E-state index is 12.0. The lowest BCUT2D eigenvalue weighted by atomic mass is 10.1. The fraction of sp³-hybridized carbons (Fsp3) is 0.312. The zero-order valence-corrected chi connectivity index (χ0v) is 14.7. The molecule has 1 heterocycles. The van der Waals surface area contributed by atoms with E-state index < -0.39 is 42.5 Å². The van der Waals surface area contributed by atoms with Gasteiger partial charge in [-0.25, -0.2) is 4.79 Å². The van der Waals surface area contributed by atoms with Crippen molar-refractivity contribution < 1.29 is 23.9 Å². The van der Waals surface area contributed by atoms with Gasteiger partial charge >= 0.3 is 12.0 Å². The molecule has 1 fully saturated rings. The number of nitriles is 1. The van der Waals surface area contributed by atoms with E-state index in [9.17, 15) is 19.2 Å². The number of hydrogen-bond donors (Lipinski definition) is 2. The first-order valence-electron chi connectivity index (χ1n) is 7.43. The van der Waals surface area contributed by atoms with Gasteiger partial charge in [-0.3, -0.25) is 19.3 Å². The number of rotatable bonds is 5. The summed E-state index contributed by atoms with van der Waals surface area (Å²) in [5, 5.41) is 13.8. The van der Waals surface area contributed by atoms with Crippen LogP contribution in [0.4, 0.5) is 10.5 Å². The Labute approximate surface area is 153 Å².